The Balaban J connectivity index is 2.18. The van der Waals surface area contributed by atoms with Crippen molar-refractivity contribution in [1.82, 2.24) is 0 Å². The summed E-state index contributed by atoms with van der Waals surface area (Å²) in [6.07, 6.45) is 3.05. The maximum absolute atomic E-state index is 11.8. The summed E-state index contributed by atoms with van der Waals surface area (Å²) in [5.74, 6) is -1.48. The molecule has 4 nitrogen and oxygen atoms in total. The number of aromatic carboxylic acids is 1. The zero-order chi connectivity index (χ0) is 14.5. The first-order chi connectivity index (χ1) is 9.58. The number of nitrogens with one attached hydrogen (secondary N) is 1. The van der Waals surface area contributed by atoms with Crippen molar-refractivity contribution in [3.8, 4) is 0 Å². The number of halogens is 1. The molecule has 1 amide bonds. The first kappa shape index (κ1) is 14.5. The highest BCUT2D eigenvalue weighted by atomic mass is 79.9. The summed E-state index contributed by atoms with van der Waals surface area (Å²) in [5.41, 5.74) is 0.290. The Hall–Kier alpha value is -1.92. The molecule has 0 bridgehead atoms. The van der Waals surface area contributed by atoms with Crippen molar-refractivity contribution in [3.63, 3.8) is 0 Å². The molecule has 0 aliphatic rings. The van der Waals surface area contributed by atoms with Crippen LogP contribution in [-0.2, 0) is 4.79 Å². The summed E-state index contributed by atoms with van der Waals surface area (Å²) >= 11 is 4.75. The molecule has 2 rings (SSSR count). The lowest BCUT2D eigenvalue weighted by Crippen LogP contribution is -2.12. The molecule has 6 heteroatoms. The fourth-order valence-corrected chi connectivity index (χ4v) is 2.62. The molecule has 1 aromatic heterocycles. The SMILES string of the molecule is O=C(C=Cc1cccs1)Nc1c(Br)cccc1C(=O)O. The standard InChI is InChI=1S/C14H10BrNO3S/c15-11-5-1-4-10(14(18)19)13(11)16-12(17)7-6-9-3-2-8-20-9/h1-8H,(H,16,17)(H,18,19). The predicted octanol–water partition coefficient (Wildman–Crippen LogP) is 3.86. The van der Waals surface area contributed by atoms with E-state index in [2.05, 4.69) is 21.2 Å². The van der Waals surface area contributed by atoms with E-state index in [9.17, 15) is 9.59 Å². The average molecular weight is 352 g/mol. The quantitative estimate of drug-likeness (QED) is 0.821. The van der Waals surface area contributed by atoms with Gasteiger partial charge in [-0.2, -0.15) is 0 Å². The molecule has 20 heavy (non-hydrogen) atoms. The van der Waals surface area contributed by atoms with Gasteiger partial charge in [0.2, 0.25) is 5.91 Å². The summed E-state index contributed by atoms with van der Waals surface area (Å²) in [6.45, 7) is 0. The Bertz CT molecular complexity index is 665. The first-order valence-electron chi connectivity index (χ1n) is 5.62. The van der Waals surface area contributed by atoms with Crippen LogP contribution in [0.15, 0.2) is 46.3 Å². The number of hydrogen-bond donors (Lipinski definition) is 2. The highest BCUT2D eigenvalue weighted by molar-refractivity contribution is 9.10. The number of carboxylic acids is 1. The number of hydrogen-bond acceptors (Lipinski definition) is 3. The molecule has 0 aliphatic carbocycles. The highest BCUT2D eigenvalue weighted by Gasteiger charge is 2.14. The maximum atomic E-state index is 11.8. The third-order valence-electron chi connectivity index (χ3n) is 2.43. The van der Waals surface area contributed by atoms with E-state index in [-0.39, 0.29) is 17.2 Å². The average Bonchev–Trinajstić information content (AvgIpc) is 2.91. The lowest BCUT2D eigenvalue weighted by Gasteiger charge is -2.08. The van der Waals surface area contributed by atoms with Crippen LogP contribution in [0.25, 0.3) is 6.08 Å². The van der Waals surface area contributed by atoms with Crippen molar-refractivity contribution in [1.29, 1.82) is 0 Å². The van der Waals surface area contributed by atoms with E-state index in [0.29, 0.717) is 4.47 Å². The van der Waals surface area contributed by atoms with Gasteiger partial charge >= 0.3 is 5.97 Å². The Morgan fingerprint density at radius 3 is 2.70 bits per heavy atom. The van der Waals surface area contributed by atoms with Crippen LogP contribution in [0.1, 0.15) is 15.2 Å². The Morgan fingerprint density at radius 1 is 1.25 bits per heavy atom. The predicted molar refractivity (Wildman–Crippen MR) is 83.1 cm³/mol. The van der Waals surface area contributed by atoms with Crippen LogP contribution in [0.4, 0.5) is 5.69 Å². The lowest BCUT2D eigenvalue weighted by atomic mass is 10.2. The monoisotopic (exact) mass is 351 g/mol. The molecular weight excluding hydrogens is 342 g/mol. The Labute approximate surface area is 127 Å². The van der Waals surface area contributed by atoms with Crippen LogP contribution in [0, 0.1) is 0 Å². The largest absolute Gasteiger partial charge is 0.478 e. The fourth-order valence-electron chi connectivity index (χ4n) is 1.54. The van der Waals surface area contributed by atoms with Gasteiger partial charge < -0.3 is 10.4 Å². The van der Waals surface area contributed by atoms with Gasteiger partial charge in [-0.05, 0) is 45.6 Å². The number of amides is 1. The van der Waals surface area contributed by atoms with E-state index in [1.54, 1.807) is 18.2 Å². The molecular formula is C14H10BrNO3S. The summed E-state index contributed by atoms with van der Waals surface area (Å²) < 4.78 is 0.523. The second-order valence-corrected chi connectivity index (χ2v) is 5.64. The molecule has 0 unspecified atom stereocenters. The number of benzene rings is 1. The van der Waals surface area contributed by atoms with Gasteiger partial charge in [0.1, 0.15) is 0 Å². The number of carbonyl (C=O) groups excluding carboxylic acids is 1. The fraction of sp³-hybridized carbons (Fsp3) is 0. The van der Waals surface area contributed by atoms with Gasteiger partial charge in [-0.3, -0.25) is 4.79 Å². The number of rotatable bonds is 4. The van der Waals surface area contributed by atoms with Crippen LogP contribution < -0.4 is 5.32 Å². The molecule has 0 atom stereocenters. The number of carboxylic acid groups (broad SMARTS) is 1. The van der Waals surface area contributed by atoms with E-state index in [0.717, 1.165) is 4.88 Å². The van der Waals surface area contributed by atoms with E-state index in [4.69, 9.17) is 5.11 Å². The van der Waals surface area contributed by atoms with Gasteiger partial charge in [-0.1, -0.05) is 12.1 Å². The zero-order valence-corrected chi connectivity index (χ0v) is 12.6. The van der Waals surface area contributed by atoms with Crippen LogP contribution in [-0.4, -0.2) is 17.0 Å². The highest BCUT2D eigenvalue weighted by Crippen LogP contribution is 2.26. The van der Waals surface area contributed by atoms with Crippen molar-refractivity contribution >= 4 is 50.9 Å². The van der Waals surface area contributed by atoms with E-state index < -0.39 is 5.97 Å². The third kappa shape index (κ3) is 3.55. The summed E-state index contributed by atoms with van der Waals surface area (Å²) in [5, 5.41) is 13.6. The maximum Gasteiger partial charge on any atom is 0.337 e. The van der Waals surface area contributed by atoms with Gasteiger partial charge in [0.05, 0.1) is 11.3 Å². The third-order valence-corrected chi connectivity index (χ3v) is 3.93. The number of thiophene rings is 1. The topological polar surface area (TPSA) is 66.4 Å². The minimum atomic E-state index is -1.09. The van der Waals surface area contributed by atoms with Gasteiger partial charge in [-0.15, -0.1) is 11.3 Å². The Kier molecular flexibility index (Phi) is 4.70. The van der Waals surface area contributed by atoms with Gasteiger partial charge in [0.15, 0.2) is 0 Å². The lowest BCUT2D eigenvalue weighted by molar-refractivity contribution is -0.111. The number of carbonyl (C=O) groups is 2. The van der Waals surface area contributed by atoms with Crippen molar-refractivity contribution in [2.24, 2.45) is 0 Å². The second-order valence-electron chi connectivity index (χ2n) is 3.81. The zero-order valence-electron chi connectivity index (χ0n) is 10.2. The van der Waals surface area contributed by atoms with Crippen molar-refractivity contribution in [3.05, 3.63) is 56.7 Å². The molecule has 0 spiro atoms. The van der Waals surface area contributed by atoms with E-state index >= 15 is 0 Å². The molecule has 2 N–H and O–H groups in total. The van der Waals surface area contributed by atoms with Crippen molar-refractivity contribution in [2.75, 3.05) is 5.32 Å². The molecule has 1 aromatic carbocycles. The first-order valence-corrected chi connectivity index (χ1v) is 7.29. The molecule has 0 saturated carbocycles. The summed E-state index contributed by atoms with van der Waals surface area (Å²) in [4.78, 5) is 23.9. The molecule has 0 radical (unpaired) electrons. The molecule has 0 aliphatic heterocycles. The molecule has 1 heterocycles. The summed E-state index contributed by atoms with van der Waals surface area (Å²) in [6, 6.07) is 8.48. The number of para-hydroxylation sites is 1. The van der Waals surface area contributed by atoms with Crippen LogP contribution in [0.2, 0.25) is 0 Å². The van der Waals surface area contributed by atoms with Crippen LogP contribution in [0.3, 0.4) is 0 Å². The van der Waals surface area contributed by atoms with Crippen molar-refractivity contribution < 1.29 is 14.7 Å². The van der Waals surface area contributed by atoms with Gasteiger partial charge in [-0.25, -0.2) is 4.79 Å². The van der Waals surface area contributed by atoms with Crippen LogP contribution in [0.5, 0.6) is 0 Å². The minimum absolute atomic E-state index is 0.0391. The molecule has 102 valence electrons. The second kappa shape index (κ2) is 6.49. The molecule has 0 fully saturated rings. The molecule has 0 saturated heterocycles. The molecule has 2 aromatic rings. The van der Waals surface area contributed by atoms with Crippen LogP contribution >= 0.6 is 27.3 Å². The van der Waals surface area contributed by atoms with Crippen molar-refractivity contribution in [2.45, 2.75) is 0 Å². The Morgan fingerprint density at radius 2 is 2.05 bits per heavy atom. The smallest absolute Gasteiger partial charge is 0.337 e. The minimum Gasteiger partial charge on any atom is -0.478 e. The summed E-state index contributed by atoms with van der Waals surface area (Å²) in [7, 11) is 0. The van der Waals surface area contributed by atoms with E-state index in [1.165, 1.54) is 23.5 Å². The number of anilines is 1. The van der Waals surface area contributed by atoms with Gasteiger partial charge in [0, 0.05) is 15.4 Å². The normalized spacial score (nSPS) is 10.7. The van der Waals surface area contributed by atoms with Gasteiger partial charge in [0.25, 0.3) is 0 Å². The van der Waals surface area contributed by atoms with E-state index in [1.807, 2.05) is 17.5 Å².